The third-order valence-corrected chi connectivity index (χ3v) is 6.04. The highest BCUT2D eigenvalue weighted by molar-refractivity contribution is 8.03. The van der Waals surface area contributed by atoms with Crippen molar-refractivity contribution in [2.75, 3.05) is 6.61 Å². The van der Waals surface area contributed by atoms with Crippen LogP contribution in [-0.2, 0) is 16.0 Å². The summed E-state index contributed by atoms with van der Waals surface area (Å²) in [5, 5.41) is 0. The fourth-order valence-corrected chi connectivity index (χ4v) is 5.10. The van der Waals surface area contributed by atoms with Crippen LogP contribution in [0.3, 0.4) is 0 Å². The Bertz CT molecular complexity index is 799. The van der Waals surface area contributed by atoms with E-state index in [1.165, 1.54) is 11.8 Å². The number of carbonyl (C=O) groups excluding carboxylic acids is 1. The van der Waals surface area contributed by atoms with Gasteiger partial charge in [0.15, 0.2) is 4.34 Å². The number of rotatable bonds is 6. The van der Waals surface area contributed by atoms with Crippen LogP contribution in [0.25, 0.3) is 10.2 Å². The molecular formula is C19H19NO2S2. The van der Waals surface area contributed by atoms with E-state index in [0.717, 1.165) is 20.1 Å². The molecule has 3 nitrogen and oxygen atoms in total. The summed E-state index contributed by atoms with van der Waals surface area (Å²) in [5.74, 6) is -0.196. The summed E-state index contributed by atoms with van der Waals surface area (Å²) in [4.78, 5) is 17.3. The molecule has 0 fully saturated rings. The molecular weight excluding hydrogens is 338 g/mol. The van der Waals surface area contributed by atoms with Gasteiger partial charge in [0.25, 0.3) is 0 Å². The maximum Gasteiger partial charge on any atom is 0.322 e. The van der Waals surface area contributed by atoms with E-state index in [0.29, 0.717) is 13.0 Å². The van der Waals surface area contributed by atoms with Gasteiger partial charge in [-0.15, -0.1) is 11.3 Å². The van der Waals surface area contributed by atoms with Gasteiger partial charge in [0, 0.05) is 0 Å². The van der Waals surface area contributed by atoms with E-state index in [1.54, 1.807) is 11.3 Å². The molecule has 0 aliphatic heterocycles. The highest BCUT2D eigenvalue weighted by Crippen LogP contribution is 2.40. The second-order valence-corrected chi connectivity index (χ2v) is 8.44. The third kappa shape index (κ3) is 3.79. The molecule has 2 aromatic carbocycles. The van der Waals surface area contributed by atoms with Crippen LogP contribution in [0.2, 0.25) is 0 Å². The Morgan fingerprint density at radius 1 is 1.17 bits per heavy atom. The van der Waals surface area contributed by atoms with Crippen molar-refractivity contribution >= 4 is 39.3 Å². The standard InChI is InChI=1S/C19H19NO2S2/c1-3-22-17(21)19(2,13-14-9-5-4-6-10-14)24-18-20-15-11-7-8-12-16(15)23-18/h4-12H,3,13H2,1-2H3/t19-/m1/s1. The van der Waals surface area contributed by atoms with E-state index >= 15 is 0 Å². The Hall–Kier alpha value is -1.85. The zero-order valence-electron chi connectivity index (χ0n) is 13.7. The minimum Gasteiger partial charge on any atom is -0.465 e. The van der Waals surface area contributed by atoms with Crippen molar-refractivity contribution in [2.45, 2.75) is 29.4 Å². The SMILES string of the molecule is CCOC(=O)[C@@](C)(Cc1ccccc1)Sc1nc2ccccc2s1. The Morgan fingerprint density at radius 2 is 1.88 bits per heavy atom. The van der Waals surface area contributed by atoms with Crippen molar-refractivity contribution in [2.24, 2.45) is 0 Å². The number of nitrogens with zero attached hydrogens (tertiary/aromatic N) is 1. The second-order valence-electron chi connectivity index (χ2n) is 5.66. The molecule has 0 aliphatic rings. The van der Waals surface area contributed by atoms with Gasteiger partial charge in [-0.3, -0.25) is 4.79 Å². The molecule has 124 valence electrons. The number of aromatic nitrogens is 1. The minimum atomic E-state index is -0.703. The number of benzene rings is 2. The molecule has 0 spiro atoms. The number of hydrogen-bond donors (Lipinski definition) is 0. The van der Waals surface area contributed by atoms with Crippen LogP contribution in [0.4, 0.5) is 0 Å². The largest absolute Gasteiger partial charge is 0.465 e. The quantitative estimate of drug-likeness (QED) is 0.462. The Kier molecular flexibility index (Phi) is 5.21. The molecule has 3 rings (SSSR count). The van der Waals surface area contributed by atoms with Crippen LogP contribution in [0, 0.1) is 0 Å². The number of ether oxygens (including phenoxy) is 1. The molecule has 5 heteroatoms. The average molecular weight is 358 g/mol. The van der Waals surface area contributed by atoms with Crippen molar-refractivity contribution in [3.8, 4) is 0 Å². The van der Waals surface area contributed by atoms with E-state index < -0.39 is 4.75 Å². The lowest BCUT2D eigenvalue weighted by Gasteiger charge is -2.25. The zero-order valence-corrected chi connectivity index (χ0v) is 15.3. The summed E-state index contributed by atoms with van der Waals surface area (Å²) in [7, 11) is 0. The lowest BCUT2D eigenvalue weighted by Crippen LogP contribution is -2.36. The zero-order chi connectivity index (χ0) is 17.0. The van der Waals surface area contributed by atoms with E-state index in [-0.39, 0.29) is 5.97 Å². The van der Waals surface area contributed by atoms with Gasteiger partial charge in [0.1, 0.15) is 4.75 Å². The molecule has 0 aliphatic carbocycles. The number of thiazole rings is 1. The van der Waals surface area contributed by atoms with Crippen LogP contribution >= 0.6 is 23.1 Å². The topological polar surface area (TPSA) is 39.2 Å². The van der Waals surface area contributed by atoms with Gasteiger partial charge < -0.3 is 4.74 Å². The smallest absolute Gasteiger partial charge is 0.322 e. The van der Waals surface area contributed by atoms with Gasteiger partial charge in [-0.2, -0.15) is 0 Å². The van der Waals surface area contributed by atoms with Crippen LogP contribution in [0.5, 0.6) is 0 Å². The van der Waals surface area contributed by atoms with Gasteiger partial charge in [-0.25, -0.2) is 4.98 Å². The summed E-state index contributed by atoms with van der Waals surface area (Å²) in [6, 6.07) is 18.1. The maximum absolute atomic E-state index is 12.6. The first-order valence-corrected chi connectivity index (χ1v) is 9.50. The van der Waals surface area contributed by atoms with E-state index in [9.17, 15) is 4.79 Å². The fraction of sp³-hybridized carbons (Fsp3) is 0.263. The summed E-state index contributed by atoms with van der Waals surface area (Å²) in [6.07, 6.45) is 0.604. The molecule has 0 amide bonds. The molecule has 0 bridgehead atoms. The monoisotopic (exact) mass is 357 g/mol. The molecule has 0 radical (unpaired) electrons. The number of hydrogen-bond acceptors (Lipinski definition) is 5. The molecule has 1 aromatic heterocycles. The fourth-order valence-electron chi connectivity index (χ4n) is 2.51. The normalized spacial score (nSPS) is 13.6. The van der Waals surface area contributed by atoms with Gasteiger partial charge in [0.05, 0.1) is 16.8 Å². The van der Waals surface area contributed by atoms with Crippen molar-refractivity contribution in [1.29, 1.82) is 0 Å². The number of esters is 1. The Morgan fingerprint density at radius 3 is 2.58 bits per heavy atom. The van der Waals surface area contributed by atoms with Crippen LogP contribution in [-0.4, -0.2) is 22.3 Å². The highest BCUT2D eigenvalue weighted by atomic mass is 32.2. The van der Waals surface area contributed by atoms with Crippen molar-refractivity contribution < 1.29 is 9.53 Å². The molecule has 1 atom stereocenters. The number of para-hydroxylation sites is 1. The lowest BCUT2D eigenvalue weighted by atomic mass is 10.0. The van der Waals surface area contributed by atoms with E-state index in [2.05, 4.69) is 11.1 Å². The summed E-state index contributed by atoms with van der Waals surface area (Å²) in [5.41, 5.74) is 2.08. The molecule has 0 unspecified atom stereocenters. The maximum atomic E-state index is 12.6. The number of fused-ring (bicyclic) bond motifs is 1. The Balaban J connectivity index is 1.90. The van der Waals surface area contributed by atoms with Crippen LogP contribution in [0.1, 0.15) is 19.4 Å². The summed E-state index contributed by atoms with van der Waals surface area (Å²) >= 11 is 3.11. The molecule has 0 N–H and O–H groups in total. The van der Waals surface area contributed by atoms with Crippen molar-refractivity contribution in [3.63, 3.8) is 0 Å². The van der Waals surface area contributed by atoms with Crippen molar-refractivity contribution in [3.05, 3.63) is 60.2 Å². The van der Waals surface area contributed by atoms with Crippen LogP contribution in [0.15, 0.2) is 58.9 Å². The van der Waals surface area contributed by atoms with E-state index in [1.807, 2.05) is 62.4 Å². The summed E-state index contributed by atoms with van der Waals surface area (Å²) in [6.45, 7) is 4.15. The second kappa shape index (κ2) is 7.36. The van der Waals surface area contributed by atoms with Gasteiger partial charge in [-0.1, -0.05) is 54.2 Å². The molecule has 1 heterocycles. The van der Waals surface area contributed by atoms with Gasteiger partial charge >= 0.3 is 5.97 Å². The third-order valence-electron chi connectivity index (χ3n) is 3.68. The molecule has 0 saturated heterocycles. The average Bonchev–Trinajstić information content (AvgIpc) is 2.97. The van der Waals surface area contributed by atoms with Crippen LogP contribution < -0.4 is 0 Å². The molecule has 24 heavy (non-hydrogen) atoms. The van der Waals surface area contributed by atoms with Gasteiger partial charge in [-0.05, 0) is 38.0 Å². The first-order chi connectivity index (χ1) is 11.6. The lowest BCUT2D eigenvalue weighted by molar-refractivity contribution is -0.145. The highest BCUT2D eigenvalue weighted by Gasteiger charge is 2.37. The van der Waals surface area contributed by atoms with Crippen molar-refractivity contribution in [1.82, 2.24) is 4.98 Å². The molecule has 0 saturated carbocycles. The first kappa shape index (κ1) is 17.0. The Labute approximate surface area is 150 Å². The molecule has 3 aromatic rings. The number of carbonyl (C=O) groups is 1. The minimum absolute atomic E-state index is 0.196. The number of thioether (sulfide) groups is 1. The van der Waals surface area contributed by atoms with Gasteiger partial charge in [0.2, 0.25) is 0 Å². The summed E-state index contributed by atoms with van der Waals surface area (Å²) < 4.78 is 6.66. The predicted octanol–water partition coefficient (Wildman–Crippen LogP) is 4.95. The van der Waals surface area contributed by atoms with E-state index in [4.69, 9.17) is 4.74 Å². The predicted molar refractivity (Wildman–Crippen MR) is 101 cm³/mol. The first-order valence-electron chi connectivity index (χ1n) is 7.86.